The van der Waals surface area contributed by atoms with Crippen molar-refractivity contribution in [3.05, 3.63) is 65.7 Å². The number of likely N-dealkylation sites (tertiary alicyclic amines) is 1. The van der Waals surface area contributed by atoms with Gasteiger partial charge in [0.2, 0.25) is 0 Å². The van der Waals surface area contributed by atoms with E-state index in [-0.39, 0.29) is 17.9 Å². The number of rotatable bonds is 5. The topological polar surface area (TPSA) is 58.6 Å². The number of amides is 1. The molecule has 0 aromatic heterocycles. The van der Waals surface area contributed by atoms with Gasteiger partial charge in [0.1, 0.15) is 6.04 Å². The molecule has 0 spiro atoms. The van der Waals surface area contributed by atoms with Crippen LogP contribution in [0.1, 0.15) is 28.8 Å². The minimum Gasteiger partial charge on any atom is -0.468 e. The highest BCUT2D eigenvalue weighted by Crippen LogP contribution is 2.21. The third kappa shape index (κ3) is 4.25. The minimum absolute atomic E-state index is 0.133. The second-order valence-corrected chi connectivity index (χ2v) is 6.17. The zero-order valence-corrected chi connectivity index (χ0v) is 14.3. The summed E-state index contributed by atoms with van der Waals surface area (Å²) >= 11 is 0. The van der Waals surface area contributed by atoms with Crippen LogP contribution in [-0.4, -0.2) is 36.5 Å². The molecular weight excluding hydrogens is 316 g/mol. The van der Waals surface area contributed by atoms with Crippen molar-refractivity contribution in [2.75, 3.05) is 19.0 Å². The normalized spacial score (nSPS) is 17.2. The second-order valence-electron chi connectivity index (χ2n) is 6.17. The molecule has 1 heterocycles. The molecule has 1 fully saturated rings. The molecule has 2 aromatic rings. The molecule has 130 valence electrons. The summed E-state index contributed by atoms with van der Waals surface area (Å²) < 4.78 is 4.88. The number of esters is 1. The maximum atomic E-state index is 12.3. The van der Waals surface area contributed by atoms with E-state index in [0.717, 1.165) is 30.6 Å². The van der Waals surface area contributed by atoms with E-state index in [9.17, 15) is 9.59 Å². The molecule has 1 unspecified atom stereocenters. The van der Waals surface area contributed by atoms with Gasteiger partial charge in [-0.05, 0) is 49.2 Å². The molecule has 5 nitrogen and oxygen atoms in total. The van der Waals surface area contributed by atoms with E-state index in [1.807, 2.05) is 54.6 Å². The Morgan fingerprint density at radius 1 is 1.12 bits per heavy atom. The Labute approximate surface area is 147 Å². The number of hydrogen-bond acceptors (Lipinski definition) is 4. The zero-order chi connectivity index (χ0) is 17.6. The van der Waals surface area contributed by atoms with Gasteiger partial charge in [0.25, 0.3) is 5.91 Å². The summed E-state index contributed by atoms with van der Waals surface area (Å²) in [6, 6.07) is 16.7. The number of nitrogens with zero attached hydrogens (tertiary/aromatic N) is 1. The molecule has 25 heavy (non-hydrogen) atoms. The minimum atomic E-state index is -0.170. The summed E-state index contributed by atoms with van der Waals surface area (Å²) in [6.07, 6.45) is 1.83. The summed E-state index contributed by atoms with van der Waals surface area (Å²) in [7, 11) is 1.43. The highest BCUT2D eigenvalue weighted by Gasteiger charge is 2.31. The Hall–Kier alpha value is -2.66. The first-order chi connectivity index (χ1) is 12.2. The quantitative estimate of drug-likeness (QED) is 0.851. The smallest absolute Gasteiger partial charge is 0.323 e. The van der Waals surface area contributed by atoms with Crippen LogP contribution in [0.15, 0.2) is 54.6 Å². The van der Waals surface area contributed by atoms with Crippen LogP contribution in [0.4, 0.5) is 5.69 Å². The van der Waals surface area contributed by atoms with Gasteiger partial charge in [0.15, 0.2) is 0 Å². The van der Waals surface area contributed by atoms with Gasteiger partial charge in [0, 0.05) is 17.8 Å². The van der Waals surface area contributed by atoms with E-state index in [4.69, 9.17) is 4.74 Å². The van der Waals surface area contributed by atoms with Crippen LogP contribution in [0.5, 0.6) is 0 Å². The van der Waals surface area contributed by atoms with E-state index in [1.54, 1.807) is 0 Å². The third-order valence-corrected chi connectivity index (χ3v) is 4.47. The highest BCUT2D eigenvalue weighted by molar-refractivity contribution is 6.04. The third-order valence-electron chi connectivity index (χ3n) is 4.47. The number of anilines is 1. The van der Waals surface area contributed by atoms with Crippen molar-refractivity contribution in [3.8, 4) is 0 Å². The predicted octanol–water partition coefficient (Wildman–Crippen LogP) is 3.08. The van der Waals surface area contributed by atoms with Gasteiger partial charge >= 0.3 is 5.97 Å². The van der Waals surface area contributed by atoms with Crippen LogP contribution < -0.4 is 5.32 Å². The molecule has 2 aromatic carbocycles. The number of benzene rings is 2. The van der Waals surface area contributed by atoms with E-state index in [0.29, 0.717) is 12.1 Å². The number of carbonyl (C=O) groups is 2. The molecular formula is C20H22N2O3. The van der Waals surface area contributed by atoms with Crippen molar-refractivity contribution >= 4 is 17.6 Å². The molecule has 1 amide bonds. The van der Waals surface area contributed by atoms with E-state index >= 15 is 0 Å². The molecule has 1 aliphatic rings. The van der Waals surface area contributed by atoms with Crippen molar-refractivity contribution in [3.63, 3.8) is 0 Å². The van der Waals surface area contributed by atoms with Crippen LogP contribution in [0.25, 0.3) is 0 Å². The molecule has 3 rings (SSSR count). The summed E-state index contributed by atoms with van der Waals surface area (Å²) in [4.78, 5) is 26.2. The maximum absolute atomic E-state index is 12.3. The molecule has 1 atom stereocenters. The summed E-state index contributed by atoms with van der Waals surface area (Å²) in [6.45, 7) is 1.57. The van der Waals surface area contributed by atoms with Gasteiger partial charge in [-0.2, -0.15) is 0 Å². The van der Waals surface area contributed by atoms with Gasteiger partial charge in [-0.3, -0.25) is 14.5 Å². The Balaban J connectivity index is 1.62. The molecule has 0 aliphatic carbocycles. The zero-order valence-electron chi connectivity index (χ0n) is 14.3. The van der Waals surface area contributed by atoms with Crippen LogP contribution in [0.2, 0.25) is 0 Å². The van der Waals surface area contributed by atoms with Crippen molar-refractivity contribution in [2.45, 2.75) is 25.4 Å². The SMILES string of the molecule is COC(=O)C1CCCN1Cc1ccc(C(=O)Nc2ccccc2)cc1. The number of nitrogens with one attached hydrogen (secondary N) is 1. The van der Waals surface area contributed by atoms with Crippen molar-refractivity contribution < 1.29 is 14.3 Å². The van der Waals surface area contributed by atoms with Crippen LogP contribution in [-0.2, 0) is 16.1 Å². The Morgan fingerprint density at radius 3 is 2.52 bits per heavy atom. The summed E-state index contributed by atoms with van der Waals surface area (Å²) in [5.74, 6) is -0.303. The first-order valence-electron chi connectivity index (χ1n) is 8.44. The highest BCUT2D eigenvalue weighted by atomic mass is 16.5. The molecule has 0 saturated carbocycles. The number of ether oxygens (including phenoxy) is 1. The monoisotopic (exact) mass is 338 g/mol. The fraction of sp³-hybridized carbons (Fsp3) is 0.300. The number of para-hydroxylation sites is 1. The van der Waals surface area contributed by atoms with Crippen LogP contribution in [0.3, 0.4) is 0 Å². The number of hydrogen-bond donors (Lipinski definition) is 1. The predicted molar refractivity (Wildman–Crippen MR) is 96.3 cm³/mol. The molecule has 0 bridgehead atoms. The lowest BCUT2D eigenvalue weighted by molar-refractivity contribution is -0.146. The van der Waals surface area contributed by atoms with E-state index < -0.39 is 0 Å². The number of carbonyl (C=O) groups excluding carboxylic acids is 2. The van der Waals surface area contributed by atoms with Crippen molar-refractivity contribution in [1.29, 1.82) is 0 Å². The molecule has 5 heteroatoms. The van der Waals surface area contributed by atoms with Gasteiger partial charge in [-0.25, -0.2) is 0 Å². The van der Waals surface area contributed by atoms with Crippen molar-refractivity contribution in [2.24, 2.45) is 0 Å². The first kappa shape index (κ1) is 17.2. The fourth-order valence-electron chi connectivity index (χ4n) is 3.14. The van der Waals surface area contributed by atoms with Crippen molar-refractivity contribution in [1.82, 2.24) is 4.90 Å². The average molecular weight is 338 g/mol. The standard InChI is InChI=1S/C20H22N2O3/c1-25-20(24)18-8-5-13-22(18)14-15-9-11-16(12-10-15)19(23)21-17-6-3-2-4-7-17/h2-4,6-7,9-12,18H,5,8,13-14H2,1H3,(H,21,23). The molecule has 1 aliphatic heterocycles. The largest absolute Gasteiger partial charge is 0.468 e. The summed E-state index contributed by atoms with van der Waals surface area (Å²) in [5.41, 5.74) is 2.46. The fourth-order valence-corrected chi connectivity index (χ4v) is 3.14. The average Bonchev–Trinajstić information content (AvgIpc) is 3.10. The van der Waals surface area contributed by atoms with E-state index in [2.05, 4.69) is 10.2 Å². The van der Waals surface area contributed by atoms with Gasteiger partial charge < -0.3 is 10.1 Å². The van der Waals surface area contributed by atoms with Gasteiger partial charge in [-0.15, -0.1) is 0 Å². The number of methoxy groups -OCH3 is 1. The van der Waals surface area contributed by atoms with Crippen LogP contribution >= 0.6 is 0 Å². The Morgan fingerprint density at radius 2 is 1.84 bits per heavy atom. The lowest BCUT2D eigenvalue weighted by Crippen LogP contribution is -2.36. The summed E-state index contributed by atoms with van der Waals surface area (Å²) in [5, 5.41) is 2.87. The molecule has 1 N–H and O–H groups in total. The second kappa shape index (κ2) is 7.94. The lowest BCUT2D eigenvalue weighted by atomic mass is 10.1. The van der Waals surface area contributed by atoms with Gasteiger partial charge in [0.05, 0.1) is 7.11 Å². The maximum Gasteiger partial charge on any atom is 0.323 e. The van der Waals surface area contributed by atoms with Crippen LogP contribution in [0, 0.1) is 0 Å². The molecule has 0 radical (unpaired) electrons. The Kier molecular flexibility index (Phi) is 5.46. The first-order valence-corrected chi connectivity index (χ1v) is 8.44. The van der Waals surface area contributed by atoms with E-state index in [1.165, 1.54) is 7.11 Å². The van der Waals surface area contributed by atoms with Gasteiger partial charge in [-0.1, -0.05) is 30.3 Å². The lowest BCUT2D eigenvalue weighted by Gasteiger charge is -2.22. The molecule has 1 saturated heterocycles. The Bertz CT molecular complexity index is 728.